The Kier molecular flexibility index (Phi) is 4.02. The van der Waals surface area contributed by atoms with Crippen LogP contribution in [0.25, 0.3) is 0 Å². The molecule has 0 aromatic rings. The summed E-state index contributed by atoms with van der Waals surface area (Å²) in [7, 11) is 0. The molecule has 2 atom stereocenters. The maximum atomic E-state index is 5.87. The standard InChI is InChI=1S/C10H21NO/c1-8(2)12-10-5-3-4-9(11)6-7-10/h8-10H,3-7,11H2,1-2H3. The molecule has 0 spiro atoms. The predicted octanol–water partition coefficient (Wildman–Crippen LogP) is 2.07. The van der Waals surface area contributed by atoms with Crippen molar-refractivity contribution in [2.24, 2.45) is 5.73 Å². The molecule has 0 radical (unpaired) electrons. The summed E-state index contributed by atoms with van der Waals surface area (Å²) in [6.45, 7) is 4.20. The van der Waals surface area contributed by atoms with Gasteiger partial charge in [0.05, 0.1) is 12.2 Å². The molecule has 0 saturated heterocycles. The largest absolute Gasteiger partial charge is 0.376 e. The normalized spacial score (nSPS) is 32.0. The zero-order valence-corrected chi connectivity index (χ0v) is 8.25. The lowest BCUT2D eigenvalue weighted by atomic mass is 10.1. The van der Waals surface area contributed by atoms with Gasteiger partial charge < -0.3 is 10.5 Å². The zero-order valence-electron chi connectivity index (χ0n) is 8.25. The highest BCUT2D eigenvalue weighted by Crippen LogP contribution is 2.20. The van der Waals surface area contributed by atoms with Crippen molar-refractivity contribution in [3.8, 4) is 0 Å². The lowest BCUT2D eigenvalue weighted by molar-refractivity contribution is -0.000156. The molecule has 1 fully saturated rings. The molecule has 2 heteroatoms. The molecule has 2 N–H and O–H groups in total. The summed E-state index contributed by atoms with van der Waals surface area (Å²) in [5, 5.41) is 0. The fourth-order valence-corrected chi connectivity index (χ4v) is 1.82. The van der Waals surface area contributed by atoms with Crippen LogP contribution in [-0.4, -0.2) is 18.2 Å². The Balaban J connectivity index is 2.26. The molecule has 72 valence electrons. The smallest absolute Gasteiger partial charge is 0.0579 e. The molecular formula is C10H21NO. The van der Waals surface area contributed by atoms with Crippen molar-refractivity contribution in [2.45, 2.75) is 64.2 Å². The molecule has 0 heterocycles. The van der Waals surface area contributed by atoms with E-state index < -0.39 is 0 Å². The third-order valence-corrected chi connectivity index (χ3v) is 2.43. The summed E-state index contributed by atoms with van der Waals surface area (Å²) in [6.07, 6.45) is 6.74. The molecule has 1 rings (SSSR count). The van der Waals surface area contributed by atoms with E-state index in [4.69, 9.17) is 10.5 Å². The van der Waals surface area contributed by atoms with Crippen LogP contribution in [0.15, 0.2) is 0 Å². The topological polar surface area (TPSA) is 35.2 Å². The van der Waals surface area contributed by atoms with Crippen molar-refractivity contribution in [2.75, 3.05) is 0 Å². The van der Waals surface area contributed by atoms with E-state index in [-0.39, 0.29) is 0 Å². The van der Waals surface area contributed by atoms with Gasteiger partial charge in [-0.2, -0.15) is 0 Å². The zero-order chi connectivity index (χ0) is 8.97. The maximum absolute atomic E-state index is 5.87. The van der Waals surface area contributed by atoms with Gasteiger partial charge in [0.2, 0.25) is 0 Å². The first-order valence-corrected chi connectivity index (χ1v) is 5.09. The maximum Gasteiger partial charge on any atom is 0.0579 e. The minimum Gasteiger partial charge on any atom is -0.376 e. The second-order valence-corrected chi connectivity index (χ2v) is 4.08. The van der Waals surface area contributed by atoms with Crippen molar-refractivity contribution in [1.82, 2.24) is 0 Å². The van der Waals surface area contributed by atoms with E-state index in [0.29, 0.717) is 18.2 Å². The minimum atomic E-state index is 0.365. The Labute approximate surface area is 75.5 Å². The Morgan fingerprint density at radius 3 is 2.58 bits per heavy atom. The van der Waals surface area contributed by atoms with Crippen molar-refractivity contribution in [1.29, 1.82) is 0 Å². The number of rotatable bonds is 2. The van der Waals surface area contributed by atoms with Gasteiger partial charge in [0.1, 0.15) is 0 Å². The molecule has 0 aliphatic heterocycles. The number of nitrogens with two attached hydrogens (primary N) is 1. The monoisotopic (exact) mass is 171 g/mol. The second kappa shape index (κ2) is 4.83. The van der Waals surface area contributed by atoms with Crippen molar-refractivity contribution < 1.29 is 4.74 Å². The van der Waals surface area contributed by atoms with Gasteiger partial charge in [-0.3, -0.25) is 0 Å². The van der Waals surface area contributed by atoms with Crippen LogP contribution in [0, 0.1) is 0 Å². The molecule has 12 heavy (non-hydrogen) atoms. The molecular weight excluding hydrogens is 150 g/mol. The fourth-order valence-electron chi connectivity index (χ4n) is 1.82. The van der Waals surface area contributed by atoms with E-state index in [2.05, 4.69) is 13.8 Å². The summed E-state index contributed by atoms with van der Waals surface area (Å²) in [5.41, 5.74) is 5.87. The Hall–Kier alpha value is -0.0800. The van der Waals surface area contributed by atoms with Crippen molar-refractivity contribution >= 4 is 0 Å². The second-order valence-electron chi connectivity index (χ2n) is 4.08. The Morgan fingerprint density at radius 1 is 1.17 bits per heavy atom. The van der Waals surface area contributed by atoms with Gasteiger partial charge >= 0.3 is 0 Å². The van der Waals surface area contributed by atoms with Crippen LogP contribution in [0.5, 0.6) is 0 Å². The highest BCUT2D eigenvalue weighted by atomic mass is 16.5. The van der Waals surface area contributed by atoms with Gasteiger partial charge in [-0.15, -0.1) is 0 Å². The lowest BCUT2D eigenvalue weighted by Crippen LogP contribution is -2.20. The Bertz CT molecular complexity index is 125. The molecule has 0 bridgehead atoms. The third kappa shape index (κ3) is 3.55. The van der Waals surface area contributed by atoms with Crippen LogP contribution in [0.1, 0.15) is 46.0 Å². The summed E-state index contributed by atoms with van der Waals surface area (Å²) in [4.78, 5) is 0. The molecule has 0 aromatic heterocycles. The fraction of sp³-hybridized carbons (Fsp3) is 1.00. The van der Waals surface area contributed by atoms with E-state index in [1.54, 1.807) is 0 Å². The molecule has 1 aliphatic rings. The third-order valence-electron chi connectivity index (χ3n) is 2.43. The Morgan fingerprint density at radius 2 is 1.92 bits per heavy atom. The average molecular weight is 171 g/mol. The number of ether oxygens (including phenoxy) is 1. The van der Waals surface area contributed by atoms with Gasteiger partial charge in [0.25, 0.3) is 0 Å². The first kappa shape index (κ1) is 10.0. The van der Waals surface area contributed by atoms with Crippen LogP contribution in [0.3, 0.4) is 0 Å². The number of hydrogen-bond acceptors (Lipinski definition) is 2. The molecule has 2 unspecified atom stereocenters. The predicted molar refractivity (Wildman–Crippen MR) is 51.1 cm³/mol. The lowest BCUT2D eigenvalue weighted by Gasteiger charge is -2.18. The number of hydrogen-bond donors (Lipinski definition) is 1. The quantitative estimate of drug-likeness (QED) is 0.645. The average Bonchev–Trinajstić information content (AvgIpc) is 2.15. The van der Waals surface area contributed by atoms with E-state index >= 15 is 0 Å². The van der Waals surface area contributed by atoms with E-state index in [1.807, 2.05) is 0 Å². The summed E-state index contributed by atoms with van der Waals surface area (Å²) in [6, 6.07) is 0.422. The van der Waals surface area contributed by atoms with Gasteiger partial charge in [0, 0.05) is 6.04 Å². The van der Waals surface area contributed by atoms with Gasteiger partial charge in [-0.1, -0.05) is 0 Å². The van der Waals surface area contributed by atoms with Gasteiger partial charge in [0.15, 0.2) is 0 Å². The van der Waals surface area contributed by atoms with Crippen LogP contribution >= 0.6 is 0 Å². The van der Waals surface area contributed by atoms with Gasteiger partial charge in [-0.05, 0) is 46.0 Å². The van der Waals surface area contributed by atoms with Crippen molar-refractivity contribution in [3.05, 3.63) is 0 Å². The molecule has 1 aliphatic carbocycles. The first-order valence-electron chi connectivity index (χ1n) is 5.09. The van der Waals surface area contributed by atoms with E-state index in [9.17, 15) is 0 Å². The highest BCUT2D eigenvalue weighted by Gasteiger charge is 2.17. The first-order chi connectivity index (χ1) is 5.68. The summed E-state index contributed by atoms with van der Waals surface area (Å²) < 4.78 is 5.76. The van der Waals surface area contributed by atoms with E-state index in [1.165, 1.54) is 19.3 Å². The highest BCUT2D eigenvalue weighted by molar-refractivity contribution is 4.72. The van der Waals surface area contributed by atoms with Crippen LogP contribution < -0.4 is 5.73 Å². The minimum absolute atomic E-state index is 0.365. The van der Waals surface area contributed by atoms with E-state index in [0.717, 1.165) is 12.8 Å². The van der Waals surface area contributed by atoms with Gasteiger partial charge in [-0.25, -0.2) is 0 Å². The SMILES string of the molecule is CC(C)OC1CCCC(N)CC1. The molecule has 2 nitrogen and oxygen atoms in total. The van der Waals surface area contributed by atoms with Crippen LogP contribution in [0.2, 0.25) is 0 Å². The molecule has 1 saturated carbocycles. The van der Waals surface area contributed by atoms with Crippen molar-refractivity contribution in [3.63, 3.8) is 0 Å². The van der Waals surface area contributed by atoms with Crippen LogP contribution in [-0.2, 0) is 4.74 Å². The molecule has 0 amide bonds. The summed E-state index contributed by atoms with van der Waals surface area (Å²) >= 11 is 0. The van der Waals surface area contributed by atoms with Crippen LogP contribution in [0.4, 0.5) is 0 Å². The summed E-state index contributed by atoms with van der Waals surface area (Å²) in [5.74, 6) is 0. The molecule has 0 aromatic carbocycles.